The third kappa shape index (κ3) is 37.1. The second-order valence-electron chi connectivity index (χ2n) is 17.6. The molecule has 0 spiro atoms. The monoisotopic (exact) mass is 843 g/mol. The maximum Gasteiger partial charge on any atom is 0.314 e. The lowest BCUT2D eigenvalue weighted by atomic mass is 9.83. The number of hydrogen-bond donors (Lipinski definition) is 1. The van der Waals surface area contributed by atoms with Gasteiger partial charge in [-0.3, -0.25) is 14.4 Å². The number of hydrogen-bond acceptors (Lipinski definition) is 7. The van der Waals surface area contributed by atoms with Crippen LogP contribution in [0.2, 0.25) is 0 Å². The number of carbonyl (C=O) groups excluding carboxylic acids is 3. The van der Waals surface area contributed by atoms with Gasteiger partial charge in [0.15, 0.2) is 0 Å². The van der Waals surface area contributed by atoms with Gasteiger partial charge in [-0.15, -0.1) is 0 Å². The van der Waals surface area contributed by atoms with Crippen LogP contribution < -0.4 is 0 Å². The minimum absolute atomic E-state index is 0.00406. The van der Waals surface area contributed by atoms with E-state index in [0.717, 1.165) is 109 Å². The quantitative estimate of drug-likeness (QED) is 0.0282. The van der Waals surface area contributed by atoms with Crippen LogP contribution in [0, 0.1) is 11.3 Å². The summed E-state index contributed by atoms with van der Waals surface area (Å²) in [4.78, 5) is 38.5. The van der Waals surface area contributed by atoms with Gasteiger partial charge in [-0.1, -0.05) is 172 Å². The average molecular weight is 843 g/mol. The number of rotatable bonds is 43. The molecule has 1 N–H and O–H groups in total. The summed E-state index contributed by atoms with van der Waals surface area (Å²) in [6, 6.07) is 0. The van der Waals surface area contributed by atoms with Crippen molar-refractivity contribution in [3.05, 3.63) is 48.6 Å². The first kappa shape index (κ1) is 57.3. The summed E-state index contributed by atoms with van der Waals surface area (Å²) in [5, 5.41) is 10.9. The molecule has 0 saturated heterocycles. The topological polar surface area (TPSA) is 99.1 Å². The highest BCUT2D eigenvalue weighted by Crippen LogP contribution is 2.27. The summed E-state index contributed by atoms with van der Waals surface area (Å²) in [7, 11) is 0. The highest BCUT2D eigenvalue weighted by Gasteiger charge is 2.37. The largest absolute Gasteiger partial charge is 0.465 e. The third-order valence-corrected chi connectivity index (χ3v) is 11.3. The number of unbranched alkanes of at least 4 members (excludes halogenated alkanes) is 21. The summed E-state index contributed by atoms with van der Waals surface area (Å²) < 4.78 is 16.9. The van der Waals surface area contributed by atoms with Gasteiger partial charge in [-0.25, -0.2) is 0 Å². The third-order valence-electron chi connectivity index (χ3n) is 11.3. The predicted octanol–water partition coefficient (Wildman–Crippen LogP) is 15.0. The van der Waals surface area contributed by atoms with Crippen molar-refractivity contribution < 1.29 is 33.7 Å². The Morgan fingerprint density at radius 2 is 0.783 bits per heavy atom. The van der Waals surface area contributed by atoms with Gasteiger partial charge in [0.25, 0.3) is 0 Å². The smallest absolute Gasteiger partial charge is 0.314 e. The second kappa shape index (κ2) is 43.0. The van der Waals surface area contributed by atoms with Crippen LogP contribution in [0.15, 0.2) is 48.6 Å². The van der Waals surface area contributed by atoms with Gasteiger partial charge >= 0.3 is 17.9 Å². The molecule has 0 aromatic heterocycles. The van der Waals surface area contributed by atoms with Gasteiger partial charge in [0.2, 0.25) is 0 Å². The van der Waals surface area contributed by atoms with E-state index in [9.17, 15) is 19.5 Å². The molecule has 0 aliphatic carbocycles. The van der Waals surface area contributed by atoms with Crippen molar-refractivity contribution in [2.45, 2.75) is 240 Å². The average Bonchev–Trinajstić information content (AvgIpc) is 3.24. The minimum atomic E-state index is -1.08. The first-order valence-electron chi connectivity index (χ1n) is 24.9. The van der Waals surface area contributed by atoms with E-state index in [2.05, 4.69) is 69.4 Å². The molecule has 0 saturated carbocycles. The number of carbonyl (C=O) groups is 3. The van der Waals surface area contributed by atoms with Crippen LogP contribution in [0.3, 0.4) is 0 Å². The lowest BCUT2D eigenvalue weighted by Crippen LogP contribution is -2.40. The van der Waals surface area contributed by atoms with Gasteiger partial charge in [0.05, 0.1) is 17.4 Å². The molecular formula is C53H94O7. The molecule has 0 aliphatic rings. The van der Waals surface area contributed by atoms with Crippen molar-refractivity contribution in [3.63, 3.8) is 0 Å². The molecular weight excluding hydrogens is 749 g/mol. The fourth-order valence-corrected chi connectivity index (χ4v) is 6.87. The summed E-state index contributed by atoms with van der Waals surface area (Å²) in [6.07, 6.45) is 49.7. The van der Waals surface area contributed by atoms with Crippen molar-refractivity contribution in [2.24, 2.45) is 11.3 Å². The molecule has 0 radical (unpaired) electrons. The Labute approximate surface area is 370 Å². The van der Waals surface area contributed by atoms with Crippen LogP contribution >= 0.6 is 0 Å². The zero-order valence-corrected chi connectivity index (χ0v) is 39.7. The molecule has 1 unspecified atom stereocenters. The van der Waals surface area contributed by atoms with E-state index in [1.54, 1.807) is 13.8 Å². The number of esters is 3. The minimum Gasteiger partial charge on any atom is -0.465 e. The van der Waals surface area contributed by atoms with Gasteiger partial charge < -0.3 is 19.3 Å². The van der Waals surface area contributed by atoms with Crippen LogP contribution in [0.5, 0.6) is 0 Å². The SMILES string of the molecule is CCCCC/C=C\C/C=C\CCCCCCCC(=O)OCC(COC(=O)CCCCCCC/C=C\C/C=C\CCCCC)COC(=O)C(C)(C)C(O)CCCCCCCC. The zero-order chi connectivity index (χ0) is 44.2. The molecule has 0 heterocycles. The van der Waals surface area contributed by atoms with E-state index >= 15 is 0 Å². The van der Waals surface area contributed by atoms with Crippen molar-refractivity contribution in [2.75, 3.05) is 19.8 Å². The summed E-state index contributed by atoms with van der Waals surface area (Å²) in [5.41, 5.74) is -1.08. The fraction of sp³-hybridized carbons (Fsp3) is 0.792. The Kier molecular flexibility index (Phi) is 41.1. The molecule has 348 valence electrons. The van der Waals surface area contributed by atoms with E-state index in [0.29, 0.717) is 19.3 Å². The second-order valence-corrected chi connectivity index (χ2v) is 17.6. The maximum absolute atomic E-state index is 13.2. The Balaban J connectivity index is 4.65. The standard InChI is InChI=1S/C53H94O7/c1-6-9-12-15-18-20-22-24-26-28-30-32-34-37-40-43-50(55)58-45-48(47-60-52(57)53(4,5)49(54)42-39-36-17-14-11-8-3)46-59-51(56)44-41-38-35-33-31-29-27-25-23-21-19-16-13-10-7-2/h18-21,24-27,48-49,54H,6-17,22-23,28-47H2,1-5H3/b20-18-,21-19-,26-24-,27-25-. The van der Waals surface area contributed by atoms with Gasteiger partial charge in [-0.05, 0) is 97.3 Å². The molecule has 7 heteroatoms. The lowest BCUT2D eigenvalue weighted by molar-refractivity contribution is -0.164. The van der Waals surface area contributed by atoms with Crippen molar-refractivity contribution >= 4 is 17.9 Å². The van der Waals surface area contributed by atoms with Crippen molar-refractivity contribution in [3.8, 4) is 0 Å². The van der Waals surface area contributed by atoms with Crippen LogP contribution in [-0.2, 0) is 28.6 Å². The number of aliphatic hydroxyl groups is 1. The molecule has 0 bridgehead atoms. The van der Waals surface area contributed by atoms with E-state index in [1.807, 2.05) is 0 Å². The van der Waals surface area contributed by atoms with Crippen LogP contribution in [0.25, 0.3) is 0 Å². The predicted molar refractivity (Wildman–Crippen MR) is 253 cm³/mol. The molecule has 0 amide bonds. The number of aliphatic hydroxyl groups excluding tert-OH is 1. The summed E-state index contributed by atoms with van der Waals surface area (Å²) in [6.45, 7) is 10.0. The maximum atomic E-state index is 13.2. The normalized spacial score (nSPS) is 12.8. The molecule has 0 aromatic rings. The summed E-state index contributed by atoms with van der Waals surface area (Å²) in [5.74, 6) is -1.56. The Bertz CT molecular complexity index is 1060. The first-order valence-corrected chi connectivity index (χ1v) is 24.9. The Hall–Kier alpha value is -2.67. The number of allylic oxidation sites excluding steroid dienone is 8. The highest BCUT2D eigenvalue weighted by atomic mass is 16.6. The van der Waals surface area contributed by atoms with Gasteiger partial charge in [-0.2, -0.15) is 0 Å². The van der Waals surface area contributed by atoms with Crippen LogP contribution in [0.1, 0.15) is 234 Å². The Morgan fingerprint density at radius 3 is 1.22 bits per heavy atom. The van der Waals surface area contributed by atoms with Crippen LogP contribution in [-0.4, -0.2) is 48.9 Å². The molecule has 0 aliphatic heterocycles. The molecule has 7 nitrogen and oxygen atoms in total. The van der Waals surface area contributed by atoms with E-state index in [1.165, 1.54) is 70.6 Å². The molecule has 60 heavy (non-hydrogen) atoms. The number of ether oxygens (including phenoxy) is 3. The zero-order valence-electron chi connectivity index (χ0n) is 39.7. The summed E-state index contributed by atoms with van der Waals surface area (Å²) >= 11 is 0. The first-order chi connectivity index (χ1) is 29.2. The molecule has 0 fully saturated rings. The molecule has 0 aromatic carbocycles. The van der Waals surface area contributed by atoms with E-state index in [4.69, 9.17) is 14.2 Å². The van der Waals surface area contributed by atoms with E-state index in [-0.39, 0.29) is 31.8 Å². The van der Waals surface area contributed by atoms with Gasteiger partial charge in [0, 0.05) is 12.8 Å². The van der Waals surface area contributed by atoms with Crippen molar-refractivity contribution in [1.82, 2.24) is 0 Å². The molecule has 0 rings (SSSR count). The fourth-order valence-electron chi connectivity index (χ4n) is 6.87. The lowest BCUT2D eigenvalue weighted by Gasteiger charge is -2.29. The Morgan fingerprint density at radius 1 is 0.450 bits per heavy atom. The van der Waals surface area contributed by atoms with Crippen LogP contribution in [0.4, 0.5) is 0 Å². The van der Waals surface area contributed by atoms with Gasteiger partial charge in [0.1, 0.15) is 19.8 Å². The molecule has 1 atom stereocenters. The van der Waals surface area contributed by atoms with E-state index < -0.39 is 23.4 Å². The van der Waals surface area contributed by atoms with Crippen molar-refractivity contribution in [1.29, 1.82) is 0 Å². The highest BCUT2D eigenvalue weighted by molar-refractivity contribution is 5.76.